The highest BCUT2D eigenvalue weighted by atomic mass is 32.1. The van der Waals surface area contributed by atoms with Gasteiger partial charge in [-0.15, -0.1) is 16.4 Å². The van der Waals surface area contributed by atoms with Gasteiger partial charge in [0.05, 0.1) is 5.01 Å². The lowest BCUT2D eigenvalue weighted by atomic mass is 10.3. The molecule has 2 N–H and O–H groups in total. The minimum absolute atomic E-state index is 0.307. The zero-order valence-electron chi connectivity index (χ0n) is 12.6. The van der Waals surface area contributed by atoms with Crippen molar-refractivity contribution in [3.8, 4) is 0 Å². The maximum absolute atomic E-state index is 12.5. The van der Waals surface area contributed by atoms with Crippen LogP contribution in [0.15, 0.2) is 36.5 Å². The summed E-state index contributed by atoms with van der Waals surface area (Å²) >= 11 is 1.38. The summed E-state index contributed by atoms with van der Waals surface area (Å²) in [7, 11) is 0. The van der Waals surface area contributed by atoms with Gasteiger partial charge in [-0.05, 0) is 38.1 Å². The van der Waals surface area contributed by atoms with Crippen molar-refractivity contribution in [3.63, 3.8) is 0 Å². The molecule has 3 rings (SSSR count). The number of pyridine rings is 1. The summed E-state index contributed by atoms with van der Waals surface area (Å²) in [6.45, 7) is 3.71. The Morgan fingerprint density at radius 3 is 2.65 bits per heavy atom. The molecule has 0 aliphatic rings. The highest BCUT2D eigenvalue weighted by Crippen LogP contribution is 2.27. The second kappa shape index (κ2) is 6.49. The van der Waals surface area contributed by atoms with Crippen molar-refractivity contribution in [1.29, 1.82) is 0 Å². The van der Waals surface area contributed by atoms with Crippen LogP contribution in [0.5, 0.6) is 0 Å². The number of rotatable bonds is 4. The third kappa shape index (κ3) is 3.67. The fourth-order valence-corrected chi connectivity index (χ4v) is 2.76. The fourth-order valence-electron chi connectivity index (χ4n) is 1.94. The van der Waals surface area contributed by atoms with Gasteiger partial charge in [0.15, 0.2) is 11.5 Å². The number of hydrogen-bond acceptors (Lipinski definition) is 7. The third-order valence-electron chi connectivity index (χ3n) is 2.89. The first-order valence-electron chi connectivity index (χ1n) is 6.89. The SMILES string of the molecule is Cc1cccc(NC(=O)c2nc(C)sc2Nc2cccnn2)n1. The number of hydrogen-bond donors (Lipinski definition) is 2. The Hall–Kier alpha value is -2.87. The van der Waals surface area contributed by atoms with E-state index < -0.39 is 0 Å². The van der Waals surface area contributed by atoms with E-state index in [4.69, 9.17) is 0 Å². The van der Waals surface area contributed by atoms with Crippen LogP contribution >= 0.6 is 11.3 Å². The van der Waals surface area contributed by atoms with Crippen molar-refractivity contribution in [1.82, 2.24) is 20.2 Å². The second-order valence-corrected chi connectivity index (χ2v) is 5.97. The molecule has 0 saturated carbocycles. The van der Waals surface area contributed by atoms with E-state index in [1.165, 1.54) is 11.3 Å². The smallest absolute Gasteiger partial charge is 0.278 e. The highest BCUT2D eigenvalue weighted by Gasteiger charge is 2.18. The molecular weight excluding hydrogens is 312 g/mol. The van der Waals surface area contributed by atoms with Crippen molar-refractivity contribution in [2.24, 2.45) is 0 Å². The Balaban J connectivity index is 1.83. The first-order valence-corrected chi connectivity index (χ1v) is 7.70. The Kier molecular flexibility index (Phi) is 4.24. The summed E-state index contributed by atoms with van der Waals surface area (Å²) in [6.07, 6.45) is 1.58. The lowest BCUT2D eigenvalue weighted by Gasteiger charge is -2.06. The predicted molar refractivity (Wildman–Crippen MR) is 89.1 cm³/mol. The van der Waals surface area contributed by atoms with Crippen molar-refractivity contribution in [2.45, 2.75) is 13.8 Å². The predicted octanol–water partition coefficient (Wildman–Crippen LogP) is 2.94. The third-order valence-corrected chi connectivity index (χ3v) is 3.78. The van der Waals surface area contributed by atoms with Gasteiger partial charge in [0.2, 0.25) is 0 Å². The maximum Gasteiger partial charge on any atom is 0.278 e. The molecule has 1 amide bonds. The Bertz CT molecular complexity index is 833. The van der Waals surface area contributed by atoms with Gasteiger partial charge in [-0.25, -0.2) is 9.97 Å². The standard InChI is InChI=1S/C15H14N6OS/c1-9-5-3-6-11(17-9)19-14(22)13-15(23-10(2)18-13)20-12-7-4-8-16-21-12/h3-8H,1-2H3,(H,20,21)(H,17,19,22). The molecule has 0 saturated heterocycles. The number of amides is 1. The summed E-state index contributed by atoms with van der Waals surface area (Å²) < 4.78 is 0. The molecular formula is C15H14N6OS. The monoisotopic (exact) mass is 326 g/mol. The molecule has 0 spiro atoms. The van der Waals surface area contributed by atoms with E-state index in [9.17, 15) is 4.79 Å². The van der Waals surface area contributed by atoms with Crippen LogP contribution in [0, 0.1) is 13.8 Å². The molecule has 0 aromatic carbocycles. The van der Waals surface area contributed by atoms with E-state index in [0.29, 0.717) is 22.3 Å². The van der Waals surface area contributed by atoms with Gasteiger partial charge in [-0.1, -0.05) is 6.07 Å². The molecule has 0 unspecified atom stereocenters. The lowest BCUT2D eigenvalue weighted by molar-refractivity contribution is 0.102. The first-order chi connectivity index (χ1) is 11.1. The van der Waals surface area contributed by atoms with Gasteiger partial charge >= 0.3 is 0 Å². The number of aryl methyl sites for hydroxylation is 2. The molecule has 0 bridgehead atoms. The molecule has 8 heteroatoms. The largest absolute Gasteiger partial charge is 0.328 e. The van der Waals surface area contributed by atoms with Gasteiger partial charge in [-0.3, -0.25) is 4.79 Å². The van der Waals surface area contributed by atoms with Gasteiger partial charge in [0.25, 0.3) is 5.91 Å². The molecule has 0 aliphatic carbocycles. The summed E-state index contributed by atoms with van der Waals surface area (Å²) in [5.74, 6) is 0.726. The highest BCUT2D eigenvalue weighted by molar-refractivity contribution is 7.16. The van der Waals surface area contributed by atoms with Crippen LogP contribution in [0.2, 0.25) is 0 Å². The Morgan fingerprint density at radius 2 is 1.91 bits per heavy atom. The average Bonchev–Trinajstić information content (AvgIpc) is 2.89. The van der Waals surface area contributed by atoms with Crippen LogP contribution in [0.25, 0.3) is 0 Å². The molecule has 23 heavy (non-hydrogen) atoms. The average molecular weight is 326 g/mol. The molecule has 3 aromatic heterocycles. The van der Waals surface area contributed by atoms with E-state index in [0.717, 1.165) is 10.7 Å². The van der Waals surface area contributed by atoms with Crippen LogP contribution in [-0.4, -0.2) is 26.1 Å². The molecule has 0 aliphatic heterocycles. The lowest BCUT2D eigenvalue weighted by Crippen LogP contribution is -2.15. The second-order valence-electron chi connectivity index (χ2n) is 4.76. The number of nitrogens with one attached hydrogen (secondary N) is 2. The van der Waals surface area contributed by atoms with E-state index >= 15 is 0 Å². The number of nitrogens with zero attached hydrogens (tertiary/aromatic N) is 4. The number of thiazole rings is 1. The van der Waals surface area contributed by atoms with Crippen LogP contribution in [-0.2, 0) is 0 Å². The minimum atomic E-state index is -0.321. The minimum Gasteiger partial charge on any atom is -0.328 e. The zero-order valence-corrected chi connectivity index (χ0v) is 13.4. The first kappa shape index (κ1) is 15.0. The van der Waals surface area contributed by atoms with Gasteiger partial charge in [-0.2, -0.15) is 5.10 Å². The number of anilines is 3. The molecule has 0 radical (unpaired) electrons. The molecule has 116 valence electrons. The van der Waals surface area contributed by atoms with Crippen LogP contribution in [0.4, 0.5) is 16.6 Å². The molecule has 0 fully saturated rings. The molecule has 3 aromatic rings. The Labute approximate surface area is 136 Å². The molecule has 3 heterocycles. The van der Waals surface area contributed by atoms with E-state index in [1.54, 1.807) is 24.4 Å². The summed E-state index contributed by atoms with van der Waals surface area (Å²) in [5, 5.41) is 15.0. The van der Waals surface area contributed by atoms with Gasteiger partial charge in [0, 0.05) is 11.9 Å². The van der Waals surface area contributed by atoms with Crippen LogP contribution < -0.4 is 10.6 Å². The quantitative estimate of drug-likeness (QED) is 0.766. The van der Waals surface area contributed by atoms with E-state index in [2.05, 4.69) is 30.8 Å². The molecule has 0 atom stereocenters. The van der Waals surface area contributed by atoms with Crippen molar-refractivity contribution in [3.05, 3.63) is 52.9 Å². The maximum atomic E-state index is 12.5. The summed E-state index contributed by atoms with van der Waals surface area (Å²) in [4.78, 5) is 21.0. The zero-order chi connectivity index (χ0) is 16.2. The van der Waals surface area contributed by atoms with Gasteiger partial charge < -0.3 is 10.6 Å². The topological polar surface area (TPSA) is 92.7 Å². The van der Waals surface area contributed by atoms with Gasteiger partial charge in [0.1, 0.15) is 10.8 Å². The van der Waals surface area contributed by atoms with Crippen molar-refractivity contribution in [2.75, 3.05) is 10.6 Å². The van der Waals surface area contributed by atoms with Crippen molar-refractivity contribution >= 4 is 33.9 Å². The number of carbonyl (C=O) groups excluding carboxylic acids is 1. The number of aromatic nitrogens is 4. The fraction of sp³-hybridized carbons (Fsp3) is 0.133. The Morgan fingerprint density at radius 1 is 1.09 bits per heavy atom. The van der Waals surface area contributed by atoms with E-state index in [1.807, 2.05) is 26.0 Å². The summed E-state index contributed by atoms with van der Waals surface area (Å²) in [6, 6.07) is 8.97. The normalized spacial score (nSPS) is 10.3. The molecule has 7 nitrogen and oxygen atoms in total. The number of carbonyl (C=O) groups is 1. The van der Waals surface area contributed by atoms with Crippen LogP contribution in [0.1, 0.15) is 21.2 Å². The van der Waals surface area contributed by atoms with Crippen molar-refractivity contribution < 1.29 is 4.79 Å². The van der Waals surface area contributed by atoms with Crippen LogP contribution in [0.3, 0.4) is 0 Å². The summed E-state index contributed by atoms with van der Waals surface area (Å²) in [5.41, 5.74) is 1.14. The van der Waals surface area contributed by atoms with E-state index in [-0.39, 0.29) is 5.91 Å².